The molecule has 0 radical (unpaired) electrons. The molecule has 0 saturated heterocycles. The van der Waals surface area contributed by atoms with Gasteiger partial charge in [0.25, 0.3) is 0 Å². The summed E-state index contributed by atoms with van der Waals surface area (Å²) in [7, 11) is 1.90. The van der Waals surface area contributed by atoms with Crippen molar-refractivity contribution in [3.05, 3.63) is 88.0 Å². The second-order valence-corrected chi connectivity index (χ2v) is 11.1. The number of carbonyl (C=O) groups is 1. The lowest BCUT2D eigenvalue weighted by molar-refractivity contribution is -0.143. The van der Waals surface area contributed by atoms with Gasteiger partial charge >= 0.3 is 5.97 Å². The number of fused-ring (bicyclic) bond motifs is 2. The SMILES string of the molecule is CCOC(=O)CC(c1ccc(C)c(CN2Cc3ccccc3OC3(CC3)C2)c1)c1ccc2c(nnn2C)c1C. The third kappa shape index (κ3) is 5.03. The Labute approximate surface area is 229 Å². The number of nitrogens with zero attached hydrogens (tertiary/aromatic N) is 4. The van der Waals surface area contributed by atoms with E-state index in [1.54, 1.807) is 4.68 Å². The van der Waals surface area contributed by atoms with E-state index in [9.17, 15) is 4.79 Å². The van der Waals surface area contributed by atoms with Crippen molar-refractivity contribution >= 4 is 17.0 Å². The first-order chi connectivity index (χ1) is 18.9. The second-order valence-electron chi connectivity index (χ2n) is 11.1. The Kier molecular flexibility index (Phi) is 6.63. The molecular weight excluding hydrogens is 488 g/mol. The number of ether oxygens (including phenoxy) is 2. The van der Waals surface area contributed by atoms with E-state index in [4.69, 9.17) is 9.47 Å². The van der Waals surface area contributed by atoms with E-state index >= 15 is 0 Å². The minimum atomic E-state index is -0.194. The van der Waals surface area contributed by atoms with Crippen LogP contribution in [0.5, 0.6) is 5.75 Å². The van der Waals surface area contributed by atoms with Crippen LogP contribution in [-0.2, 0) is 29.7 Å². The molecule has 1 fully saturated rings. The van der Waals surface area contributed by atoms with E-state index in [1.165, 1.54) is 16.7 Å². The van der Waals surface area contributed by atoms with Gasteiger partial charge in [-0.1, -0.05) is 47.7 Å². The molecule has 0 bridgehead atoms. The number of carbonyl (C=O) groups excluding carboxylic acids is 1. The van der Waals surface area contributed by atoms with Crippen LogP contribution in [0.1, 0.15) is 65.5 Å². The number of rotatable bonds is 7. The van der Waals surface area contributed by atoms with Crippen LogP contribution in [0.25, 0.3) is 11.0 Å². The number of aromatic nitrogens is 3. The molecule has 1 unspecified atom stereocenters. The molecule has 7 nitrogen and oxygen atoms in total. The van der Waals surface area contributed by atoms with Crippen LogP contribution in [0, 0.1) is 13.8 Å². The van der Waals surface area contributed by atoms with Gasteiger partial charge in [0.05, 0.1) is 18.5 Å². The van der Waals surface area contributed by atoms with Gasteiger partial charge in [-0.15, -0.1) is 5.10 Å². The summed E-state index contributed by atoms with van der Waals surface area (Å²) < 4.78 is 13.7. The van der Waals surface area contributed by atoms with Gasteiger partial charge in [0.1, 0.15) is 16.9 Å². The van der Waals surface area contributed by atoms with Crippen LogP contribution in [0.4, 0.5) is 0 Å². The van der Waals surface area contributed by atoms with Gasteiger partial charge in [0, 0.05) is 38.2 Å². The van der Waals surface area contributed by atoms with Crippen molar-refractivity contribution in [2.75, 3.05) is 13.2 Å². The smallest absolute Gasteiger partial charge is 0.306 e. The van der Waals surface area contributed by atoms with Crippen molar-refractivity contribution in [3.8, 4) is 5.75 Å². The molecule has 1 spiro atoms. The van der Waals surface area contributed by atoms with Crippen molar-refractivity contribution < 1.29 is 14.3 Å². The molecule has 1 aromatic heterocycles. The maximum Gasteiger partial charge on any atom is 0.306 e. The Balaban J connectivity index is 1.35. The number of aryl methyl sites for hydroxylation is 3. The summed E-state index contributed by atoms with van der Waals surface area (Å²) in [6.07, 6.45) is 2.47. The molecule has 3 aromatic carbocycles. The van der Waals surface area contributed by atoms with Crippen molar-refractivity contribution in [2.45, 2.75) is 64.6 Å². The minimum absolute atomic E-state index is 0.0617. The lowest BCUT2D eigenvalue weighted by Crippen LogP contribution is -2.34. The summed E-state index contributed by atoms with van der Waals surface area (Å²) in [4.78, 5) is 15.3. The molecule has 4 aromatic rings. The van der Waals surface area contributed by atoms with Crippen LogP contribution in [0.3, 0.4) is 0 Å². The van der Waals surface area contributed by atoms with Crippen molar-refractivity contribution in [2.24, 2.45) is 7.05 Å². The van der Waals surface area contributed by atoms with Gasteiger partial charge in [-0.2, -0.15) is 0 Å². The van der Waals surface area contributed by atoms with Gasteiger partial charge in [-0.3, -0.25) is 9.69 Å². The zero-order valence-corrected chi connectivity index (χ0v) is 23.2. The number of para-hydroxylation sites is 1. The summed E-state index contributed by atoms with van der Waals surface area (Å²) >= 11 is 0. The molecule has 39 heavy (non-hydrogen) atoms. The fourth-order valence-electron chi connectivity index (χ4n) is 5.95. The number of esters is 1. The Hall–Kier alpha value is -3.71. The van der Waals surface area contributed by atoms with Crippen molar-refractivity contribution in [3.63, 3.8) is 0 Å². The highest BCUT2D eigenvalue weighted by Crippen LogP contribution is 2.44. The normalized spacial score (nSPS) is 16.9. The molecule has 1 aliphatic carbocycles. The third-order valence-electron chi connectivity index (χ3n) is 8.31. The van der Waals surface area contributed by atoms with E-state index in [-0.39, 0.29) is 23.9 Å². The molecule has 1 atom stereocenters. The molecule has 1 saturated carbocycles. The summed E-state index contributed by atoms with van der Waals surface area (Å²) in [6, 6.07) is 19.2. The zero-order chi connectivity index (χ0) is 27.1. The van der Waals surface area contributed by atoms with E-state index < -0.39 is 0 Å². The summed E-state index contributed by atoms with van der Waals surface area (Å²) in [5.41, 5.74) is 8.79. The van der Waals surface area contributed by atoms with Gasteiger partial charge in [0.2, 0.25) is 0 Å². The monoisotopic (exact) mass is 524 g/mol. The molecule has 0 N–H and O–H groups in total. The molecule has 202 valence electrons. The summed E-state index contributed by atoms with van der Waals surface area (Å²) in [5, 5.41) is 8.61. The van der Waals surface area contributed by atoms with E-state index in [1.807, 2.05) is 14.0 Å². The average Bonchev–Trinajstić information content (AvgIpc) is 3.60. The highest BCUT2D eigenvalue weighted by atomic mass is 16.5. The standard InChI is InChI=1S/C32H36N4O3/c1-5-38-30(37)17-27(26-12-13-28-31(22(26)3)33-34-35(28)4)23-11-10-21(2)25(16-23)19-36-18-24-8-6-7-9-29(24)39-32(20-36)14-15-32/h6-13,16,27H,5,14-15,17-20H2,1-4H3. The maximum atomic E-state index is 12.8. The molecule has 2 heterocycles. The van der Waals surface area contributed by atoms with Crippen LogP contribution >= 0.6 is 0 Å². The molecular formula is C32H36N4O3. The van der Waals surface area contributed by atoms with E-state index in [0.717, 1.165) is 65.9 Å². The first kappa shape index (κ1) is 25.6. The summed E-state index contributed by atoms with van der Waals surface area (Å²) in [5.74, 6) is 0.686. The number of hydrogen-bond donors (Lipinski definition) is 0. The largest absolute Gasteiger partial charge is 0.486 e. The third-order valence-corrected chi connectivity index (χ3v) is 8.31. The Morgan fingerprint density at radius 1 is 1.13 bits per heavy atom. The van der Waals surface area contributed by atoms with Crippen LogP contribution in [0.15, 0.2) is 54.6 Å². The highest BCUT2D eigenvalue weighted by Gasteiger charge is 2.48. The Morgan fingerprint density at radius 3 is 2.74 bits per heavy atom. The fraction of sp³-hybridized carbons (Fsp3) is 0.406. The van der Waals surface area contributed by atoms with Gasteiger partial charge in [-0.05, 0) is 73.6 Å². The maximum absolute atomic E-state index is 12.8. The van der Waals surface area contributed by atoms with Gasteiger partial charge in [-0.25, -0.2) is 4.68 Å². The lowest BCUT2D eigenvalue weighted by atomic mass is 9.84. The first-order valence-corrected chi connectivity index (χ1v) is 13.9. The van der Waals surface area contributed by atoms with Gasteiger partial charge in [0.15, 0.2) is 0 Å². The lowest BCUT2D eigenvalue weighted by Gasteiger charge is -2.26. The fourth-order valence-corrected chi connectivity index (χ4v) is 5.95. The molecule has 2 aliphatic rings. The number of benzene rings is 3. The minimum Gasteiger partial charge on any atom is -0.486 e. The average molecular weight is 525 g/mol. The van der Waals surface area contributed by atoms with Gasteiger partial charge < -0.3 is 9.47 Å². The first-order valence-electron chi connectivity index (χ1n) is 13.9. The van der Waals surface area contributed by atoms with Crippen LogP contribution < -0.4 is 4.74 Å². The van der Waals surface area contributed by atoms with E-state index in [2.05, 4.69) is 83.7 Å². The molecule has 7 heteroatoms. The van der Waals surface area contributed by atoms with Crippen LogP contribution in [-0.4, -0.2) is 44.6 Å². The Morgan fingerprint density at radius 2 is 1.95 bits per heavy atom. The van der Waals surface area contributed by atoms with Crippen LogP contribution in [0.2, 0.25) is 0 Å². The molecule has 0 amide bonds. The number of hydrogen-bond acceptors (Lipinski definition) is 6. The topological polar surface area (TPSA) is 69.5 Å². The summed E-state index contributed by atoms with van der Waals surface area (Å²) in [6.45, 7) is 9.06. The van der Waals surface area contributed by atoms with E-state index in [0.29, 0.717) is 6.61 Å². The zero-order valence-electron chi connectivity index (χ0n) is 23.2. The molecule has 6 rings (SSSR count). The highest BCUT2D eigenvalue weighted by molar-refractivity contribution is 5.80. The quantitative estimate of drug-likeness (QED) is 0.293. The van der Waals surface area contributed by atoms with Crippen molar-refractivity contribution in [1.29, 1.82) is 0 Å². The van der Waals surface area contributed by atoms with Crippen molar-refractivity contribution in [1.82, 2.24) is 19.9 Å². The predicted molar refractivity (Wildman–Crippen MR) is 151 cm³/mol. The predicted octanol–water partition coefficient (Wildman–Crippen LogP) is 5.60. The Bertz CT molecular complexity index is 1540. The molecule has 1 aliphatic heterocycles. The second kappa shape index (κ2) is 10.1.